The van der Waals surface area contributed by atoms with Crippen molar-refractivity contribution in [1.29, 1.82) is 0 Å². The van der Waals surface area contributed by atoms with E-state index in [1.807, 2.05) is 42.5 Å². The van der Waals surface area contributed by atoms with Crippen molar-refractivity contribution in [3.05, 3.63) is 65.7 Å². The van der Waals surface area contributed by atoms with Crippen molar-refractivity contribution in [3.8, 4) is 17.2 Å². The second kappa shape index (κ2) is 9.19. The van der Waals surface area contributed by atoms with E-state index in [0.29, 0.717) is 36.5 Å². The summed E-state index contributed by atoms with van der Waals surface area (Å²) in [6.45, 7) is 0.573. The molecule has 3 atom stereocenters. The van der Waals surface area contributed by atoms with E-state index >= 15 is 0 Å². The molecule has 7 heteroatoms. The number of phenolic OH excluding ortho intramolecular Hbond substituents is 1. The highest BCUT2D eigenvalue weighted by Gasteiger charge is 2.36. The first-order valence-corrected chi connectivity index (χ1v) is 9.93. The zero-order valence-corrected chi connectivity index (χ0v) is 16.4. The second-order valence-electron chi connectivity index (χ2n) is 7.26. The van der Waals surface area contributed by atoms with Crippen LogP contribution in [0.5, 0.6) is 17.2 Å². The molecule has 0 radical (unpaired) electrons. The first-order valence-electron chi connectivity index (χ1n) is 9.93. The maximum Gasteiger partial charge on any atom is 0.303 e. The van der Waals surface area contributed by atoms with Gasteiger partial charge < -0.3 is 29.2 Å². The molecule has 0 spiro atoms. The molecule has 7 nitrogen and oxygen atoms in total. The summed E-state index contributed by atoms with van der Waals surface area (Å²) in [4.78, 5) is 10.7. The minimum absolute atomic E-state index is 0.0374. The maximum atomic E-state index is 10.7. The van der Waals surface area contributed by atoms with Gasteiger partial charge in [-0.1, -0.05) is 36.4 Å². The van der Waals surface area contributed by atoms with Gasteiger partial charge in [0.2, 0.25) is 6.79 Å². The molecule has 0 aliphatic carbocycles. The fraction of sp³-hybridized carbons (Fsp3) is 0.348. The largest absolute Gasteiger partial charge is 0.508 e. The summed E-state index contributed by atoms with van der Waals surface area (Å²) in [5.41, 5.74) is 1.44. The van der Waals surface area contributed by atoms with Gasteiger partial charge in [-0.15, -0.1) is 0 Å². The van der Waals surface area contributed by atoms with Crippen LogP contribution in [0.25, 0.3) is 0 Å². The average Bonchev–Trinajstić information content (AvgIpc) is 3.23. The van der Waals surface area contributed by atoms with E-state index in [4.69, 9.17) is 24.1 Å². The molecule has 0 saturated carbocycles. The highest BCUT2D eigenvalue weighted by atomic mass is 16.7. The van der Waals surface area contributed by atoms with Gasteiger partial charge in [-0.2, -0.15) is 0 Å². The summed E-state index contributed by atoms with van der Waals surface area (Å²) in [6.07, 6.45) is 3.97. The monoisotopic (exact) mass is 412 g/mol. The van der Waals surface area contributed by atoms with Crippen molar-refractivity contribution in [2.75, 3.05) is 13.4 Å². The topological polar surface area (TPSA) is 94.5 Å². The molecule has 1 fully saturated rings. The molecule has 30 heavy (non-hydrogen) atoms. The summed E-state index contributed by atoms with van der Waals surface area (Å²) in [5.74, 6) is 0.582. The highest BCUT2D eigenvalue weighted by Crippen LogP contribution is 2.46. The number of rotatable bonds is 7. The van der Waals surface area contributed by atoms with E-state index in [1.54, 1.807) is 12.1 Å². The molecule has 0 aromatic heterocycles. The van der Waals surface area contributed by atoms with Crippen molar-refractivity contribution in [1.82, 2.24) is 0 Å². The Bertz CT molecular complexity index is 924. The number of benzene rings is 2. The Morgan fingerprint density at radius 3 is 2.73 bits per heavy atom. The van der Waals surface area contributed by atoms with Crippen LogP contribution in [0.3, 0.4) is 0 Å². The molecule has 0 bridgehead atoms. The van der Waals surface area contributed by atoms with E-state index < -0.39 is 18.4 Å². The molecule has 1 unspecified atom stereocenters. The van der Waals surface area contributed by atoms with E-state index in [9.17, 15) is 9.90 Å². The smallest absolute Gasteiger partial charge is 0.303 e. The Labute approximate surface area is 174 Å². The number of allylic oxidation sites excluding steroid dienone is 2. The molecule has 0 amide bonds. The van der Waals surface area contributed by atoms with Gasteiger partial charge in [-0.05, 0) is 31.0 Å². The van der Waals surface area contributed by atoms with Gasteiger partial charge in [0.25, 0.3) is 0 Å². The predicted octanol–water partition coefficient (Wildman–Crippen LogP) is 4.33. The molecule has 1 saturated heterocycles. The van der Waals surface area contributed by atoms with Crippen LogP contribution in [0, 0.1) is 5.92 Å². The van der Waals surface area contributed by atoms with Gasteiger partial charge in [0.05, 0.1) is 18.3 Å². The lowest BCUT2D eigenvalue weighted by atomic mass is 9.91. The number of fused-ring (bicyclic) bond motifs is 1. The summed E-state index contributed by atoms with van der Waals surface area (Å²) in [6, 6.07) is 12.7. The molecule has 2 heterocycles. The normalized spacial score (nSPS) is 23.0. The third-order valence-electron chi connectivity index (χ3n) is 5.21. The van der Waals surface area contributed by atoms with Crippen LogP contribution in [-0.4, -0.2) is 29.6 Å². The van der Waals surface area contributed by atoms with Gasteiger partial charge in [0.1, 0.15) is 5.75 Å². The number of ether oxygens (including phenoxy) is 4. The van der Waals surface area contributed by atoms with Crippen LogP contribution >= 0.6 is 0 Å². The Hall–Kier alpha value is -3.03. The molecular weight excluding hydrogens is 388 g/mol. The zero-order valence-electron chi connectivity index (χ0n) is 16.4. The lowest BCUT2D eigenvalue weighted by molar-refractivity contribution is -0.244. The predicted molar refractivity (Wildman–Crippen MR) is 107 cm³/mol. The number of carboxylic acid groups (broad SMARTS) is 1. The van der Waals surface area contributed by atoms with Crippen LogP contribution in [0.2, 0.25) is 0 Å². The standard InChI is InChI=1S/C23H24O7/c24-18-10-5-4-8-16(18)21-15(7-2-1-3-12-20(25)26)13-27-23(30-21)17-9-6-11-19-22(17)29-14-28-19/h1-2,4-6,8-11,15,21,23-24H,3,7,12-14H2,(H,25,26)/b2-1-/t15-,21+,23?/m1/s1. The average molecular weight is 412 g/mol. The number of aromatic hydroxyl groups is 1. The van der Waals surface area contributed by atoms with Crippen molar-refractivity contribution in [3.63, 3.8) is 0 Å². The number of hydrogen-bond acceptors (Lipinski definition) is 6. The second-order valence-corrected chi connectivity index (χ2v) is 7.26. The van der Waals surface area contributed by atoms with Crippen LogP contribution in [0.1, 0.15) is 42.8 Å². The first-order chi connectivity index (χ1) is 14.6. The Morgan fingerprint density at radius 1 is 1.07 bits per heavy atom. The Kier molecular flexibility index (Phi) is 6.21. The van der Waals surface area contributed by atoms with Crippen molar-refractivity contribution < 1.29 is 34.0 Å². The van der Waals surface area contributed by atoms with Crippen LogP contribution in [0.15, 0.2) is 54.6 Å². The number of hydrogen-bond donors (Lipinski definition) is 2. The molecular formula is C23H24O7. The molecule has 2 aromatic rings. The third kappa shape index (κ3) is 4.42. The number of para-hydroxylation sites is 2. The number of phenols is 1. The van der Waals surface area contributed by atoms with Gasteiger partial charge in [-0.25, -0.2) is 0 Å². The van der Waals surface area contributed by atoms with Gasteiger partial charge in [0, 0.05) is 17.9 Å². The molecule has 158 valence electrons. The van der Waals surface area contributed by atoms with Crippen molar-refractivity contribution in [2.24, 2.45) is 5.92 Å². The minimum Gasteiger partial charge on any atom is -0.508 e. The molecule has 2 N–H and O–H groups in total. The van der Waals surface area contributed by atoms with Crippen molar-refractivity contribution in [2.45, 2.75) is 31.7 Å². The maximum absolute atomic E-state index is 10.7. The lowest BCUT2D eigenvalue weighted by Crippen LogP contribution is -2.30. The number of carbonyl (C=O) groups is 1. The number of aliphatic carboxylic acids is 1. The molecule has 2 aliphatic rings. The van der Waals surface area contributed by atoms with Crippen LogP contribution in [0.4, 0.5) is 0 Å². The van der Waals surface area contributed by atoms with Gasteiger partial charge in [0.15, 0.2) is 17.8 Å². The van der Waals surface area contributed by atoms with Gasteiger partial charge >= 0.3 is 5.97 Å². The zero-order chi connectivity index (χ0) is 20.9. The molecule has 2 aromatic carbocycles. The summed E-state index contributed by atoms with van der Waals surface area (Å²) in [7, 11) is 0. The van der Waals surface area contributed by atoms with E-state index in [2.05, 4.69) is 0 Å². The van der Waals surface area contributed by atoms with Crippen LogP contribution in [-0.2, 0) is 14.3 Å². The van der Waals surface area contributed by atoms with E-state index in [1.165, 1.54) is 0 Å². The summed E-state index contributed by atoms with van der Waals surface area (Å²) >= 11 is 0. The lowest BCUT2D eigenvalue weighted by Gasteiger charge is -2.37. The SMILES string of the molecule is O=C(O)CC/C=C\C[C@@H]1COC(c2cccc3c2OCO3)O[C@@H]1c1ccccc1O. The van der Waals surface area contributed by atoms with Crippen LogP contribution < -0.4 is 9.47 Å². The highest BCUT2D eigenvalue weighted by molar-refractivity contribution is 5.66. The third-order valence-corrected chi connectivity index (χ3v) is 5.21. The molecule has 4 rings (SSSR count). The Balaban J connectivity index is 1.54. The van der Waals surface area contributed by atoms with E-state index in [0.717, 1.165) is 5.56 Å². The summed E-state index contributed by atoms with van der Waals surface area (Å²) in [5, 5.41) is 19.2. The summed E-state index contributed by atoms with van der Waals surface area (Å²) < 4.78 is 23.4. The Morgan fingerprint density at radius 2 is 1.90 bits per heavy atom. The minimum atomic E-state index is -0.819. The first kappa shape index (κ1) is 20.3. The quantitative estimate of drug-likeness (QED) is 0.654. The fourth-order valence-electron chi connectivity index (χ4n) is 3.73. The fourth-order valence-corrected chi connectivity index (χ4v) is 3.73. The van der Waals surface area contributed by atoms with Crippen molar-refractivity contribution >= 4 is 5.97 Å². The van der Waals surface area contributed by atoms with E-state index in [-0.39, 0.29) is 24.9 Å². The van der Waals surface area contributed by atoms with Gasteiger partial charge in [-0.3, -0.25) is 4.79 Å². The number of carboxylic acids is 1. The molecule has 2 aliphatic heterocycles.